The van der Waals surface area contributed by atoms with Crippen molar-refractivity contribution in [3.8, 4) is 0 Å². The third-order valence-electron chi connectivity index (χ3n) is 4.19. The second kappa shape index (κ2) is 5.86. The Balaban J connectivity index is 2.47. The smallest absolute Gasteiger partial charge is 0.255 e. The molecular formula is C18H24N2O. The van der Waals surface area contributed by atoms with E-state index in [-0.39, 0.29) is 11.6 Å². The molecule has 2 aromatic rings. The van der Waals surface area contributed by atoms with E-state index < -0.39 is 0 Å². The van der Waals surface area contributed by atoms with E-state index in [4.69, 9.17) is 5.73 Å². The van der Waals surface area contributed by atoms with Gasteiger partial charge in [-0.1, -0.05) is 38.1 Å². The Morgan fingerprint density at radius 3 is 2.10 bits per heavy atom. The number of rotatable bonds is 3. The predicted molar refractivity (Wildman–Crippen MR) is 87.7 cm³/mol. The molecule has 1 unspecified atom stereocenters. The molecule has 0 saturated carbocycles. The number of hydrogen-bond donors (Lipinski definition) is 1. The molecule has 0 bridgehead atoms. The second-order valence-corrected chi connectivity index (χ2v) is 6.05. The van der Waals surface area contributed by atoms with Crippen molar-refractivity contribution in [3.63, 3.8) is 0 Å². The van der Waals surface area contributed by atoms with Gasteiger partial charge in [-0.2, -0.15) is 0 Å². The number of nitrogens with zero attached hydrogens (tertiary/aromatic N) is 1. The Hall–Kier alpha value is -1.87. The van der Waals surface area contributed by atoms with Crippen LogP contribution >= 0.6 is 0 Å². The van der Waals surface area contributed by atoms with Gasteiger partial charge in [-0.25, -0.2) is 0 Å². The van der Waals surface area contributed by atoms with Crippen molar-refractivity contribution in [2.45, 2.75) is 39.7 Å². The van der Waals surface area contributed by atoms with Crippen LogP contribution in [0.15, 0.2) is 35.1 Å². The average Bonchev–Trinajstić information content (AvgIpc) is 2.45. The summed E-state index contributed by atoms with van der Waals surface area (Å²) < 4.78 is 1.66. The van der Waals surface area contributed by atoms with E-state index in [9.17, 15) is 4.79 Å². The summed E-state index contributed by atoms with van der Waals surface area (Å²) in [5.74, 6) is 0.490. The summed E-state index contributed by atoms with van der Waals surface area (Å²) in [7, 11) is 1.79. The van der Waals surface area contributed by atoms with Gasteiger partial charge < -0.3 is 10.3 Å². The van der Waals surface area contributed by atoms with E-state index >= 15 is 0 Å². The second-order valence-electron chi connectivity index (χ2n) is 6.05. The number of pyridine rings is 1. The van der Waals surface area contributed by atoms with Crippen molar-refractivity contribution in [1.29, 1.82) is 0 Å². The molecule has 0 fully saturated rings. The van der Waals surface area contributed by atoms with Gasteiger partial charge in [-0.05, 0) is 42.5 Å². The Morgan fingerprint density at radius 1 is 1.05 bits per heavy atom. The molecular weight excluding hydrogens is 260 g/mol. The monoisotopic (exact) mass is 284 g/mol. The summed E-state index contributed by atoms with van der Waals surface area (Å²) in [4.78, 5) is 12.5. The molecule has 0 spiro atoms. The van der Waals surface area contributed by atoms with Gasteiger partial charge in [0.25, 0.3) is 5.56 Å². The maximum absolute atomic E-state index is 12.5. The van der Waals surface area contributed by atoms with Gasteiger partial charge >= 0.3 is 0 Å². The molecule has 3 heteroatoms. The first-order chi connectivity index (χ1) is 9.82. The summed E-state index contributed by atoms with van der Waals surface area (Å²) in [6, 6.07) is 9.86. The molecule has 2 rings (SSSR count). The Bertz CT molecular complexity index is 696. The number of benzene rings is 1. The highest BCUT2D eigenvalue weighted by Crippen LogP contribution is 2.22. The fourth-order valence-electron chi connectivity index (χ4n) is 2.63. The average molecular weight is 284 g/mol. The van der Waals surface area contributed by atoms with Gasteiger partial charge in [-0.15, -0.1) is 0 Å². The van der Waals surface area contributed by atoms with Gasteiger partial charge in [0.2, 0.25) is 0 Å². The standard InChI is InChI=1S/C18H24N2O/c1-11(2)14-6-8-15(9-7-14)17(19)16-12(3)10-13(4)20(5)18(16)21/h6-11,17H,19H2,1-5H3. The van der Waals surface area contributed by atoms with Crippen LogP contribution in [0.5, 0.6) is 0 Å². The fourth-order valence-corrected chi connectivity index (χ4v) is 2.63. The topological polar surface area (TPSA) is 48.0 Å². The lowest BCUT2D eigenvalue weighted by Crippen LogP contribution is -2.29. The Labute approximate surface area is 126 Å². The van der Waals surface area contributed by atoms with Crippen LogP contribution in [0.2, 0.25) is 0 Å². The highest BCUT2D eigenvalue weighted by atomic mass is 16.1. The van der Waals surface area contributed by atoms with Crippen molar-refractivity contribution in [1.82, 2.24) is 4.57 Å². The van der Waals surface area contributed by atoms with E-state index in [1.54, 1.807) is 11.6 Å². The lowest BCUT2D eigenvalue weighted by Gasteiger charge is -2.18. The minimum absolute atomic E-state index is 0.00654. The minimum Gasteiger partial charge on any atom is -0.320 e. The molecule has 0 aliphatic rings. The van der Waals surface area contributed by atoms with E-state index in [0.29, 0.717) is 11.5 Å². The Kier molecular flexibility index (Phi) is 4.33. The van der Waals surface area contributed by atoms with Crippen LogP contribution < -0.4 is 11.3 Å². The molecule has 0 amide bonds. The van der Waals surface area contributed by atoms with Crippen LogP contribution in [0, 0.1) is 13.8 Å². The molecule has 21 heavy (non-hydrogen) atoms. The lowest BCUT2D eigenvalue weighted by atomic mass is 9.94. The first-order valence-corrected chi connectivity index (χ1v) is 7.35. The minimum atomic E-state index is -0.384. The maximum atomic E-state index is 12.5. The summed E-state index contributed by atoms with van der Waals surface area (Å²) in [5.41, 5.74) is 11.2. The molecule has 1 atom stereocenters. The van der Waals surface area contributed by atoms with Crippen molar-refractivity contribution >= 4 is 0 Å². The van der Waals surface area contributed by atoms with Crippen LogP contribution in [-0.2, 0) is 7.05 Å². The quantitative estimate of drug-likeness (QED) is 0.941. The first-order valence-electron chi connectivity index (χ1n) is 7.35. The predicted octanol–water partition coefficient (Wildman–Crippen LogP) is 3.17. The highest BCUT2D eigenvalue weighted by molar-refractivity contribution is 5.37. The summed E-state index contributed by atoms with van der Waals surface area (Å²) in [5, 5.41) is 0. The molecule has 1 aromatic carbocycles. The van der Waals surface area contributed by atoms with Gasteiger partial charge in [-0.3, -0.25) is 4.79 Å². The van der Waals surface area contributed by atoms with E-state index in [2.05, 4.69) is 26.0 Å². The number of aryl methyl sites for hydroxylation is 2. The van der Waals surface area contributed by atoms with Crippen LogP contribution in [0.1, 0.15) is 53.8 Å². The number of nitrogens with two attached hydrogens (primary N) is 1. The molecule has 3 nitrogen and oxygen atoms in total. The molecule has 0 aliphatic carbocycles. The summed E-state index contributed by atoms with van der Waals surface area (Å²) in [6.07, 6.45) is 0. The van der Waals surface area contributed by atoms with Crippen molar-refractivity contribution < 1.29 is 0 Å². The van der Waals surface area contributed by atoms with Crippen molar-refractivity contribution in [2.75, 3.05) is 0 Å². The zero-order chi connectivity index (χ0) is 15.7. The summed E-state index contributed by atoms with van der Waals surface area (Å²) >= 11 is 0. The van der Waals surface area contributed by atoms with E-state index in [0.717, 1.165) is 16.8 Å². The molecule has 0 aliphatic heterocycles. The van der Waals surface area contributed by atoms with Crippen LogP contribution in [-0.4, -0.2) is 4.57 Å². The SMILES string of the molecule is Cc1cc(C)n(C)c(=O)c1C(N)c1ccc(C(C)C)cc1. The molecule has 2 N–H and O–H groups in total. The highest BCUT2D eigenvalue weighted by Gasteiger charge is 2.17. The molecule has 0 radical (unpaired) electrons. The van der Waals surface area contributed by atoms with Crippen molar-refractivity contribution in [2.24, 2.45) is 12.8 Å². The summed E-state index contributed by atoms with van der Waals surface area (Å²) in [6.45, 7) is 8.21. The molecule has 0 saturated heterocycles. The molecule has 1 aromatic heterocycles. The fraction of sp³-hybridized carbons (Fsp3) is 0.389. The van der Waals surface area contributed by atoms with Crippen molar-refractivity contribution in [3.05, 3.63) is 68.6 Å². The van der Waals surface area contributed by atoms with Gasteiger partial charge in [0.1, 0.15) is 0 Å². The van der Waals surface area contributed by atoms with Gasteiger partial charge in [0.15, 0.2) is 0 Å². The third kappa shape index (κ3) is 2.93. The molecule has 1 heterocycles. The largest absolute Gasteiger partial charge is 0.320 e. The van der Waals surface area contributed by atoms with Crippen LogP contribution in [0.3, 0.4) is 0 Å². The van der Waals surface area contributed by atoms with Gasteiger partial charge in [0.05, 0.1) is 6.04 Å². The maximum Gasteiger partial charge on any atom is 0.255 e. The normalized spacial score (nSPS) is 12.7. The van der Waals surface area contributed by atoms with E-state index in [1.165, 1.54) is 5.56 Å². The zero-order valence-electron chi connectivity index (χ0n) is 13.5. The molecule has 112 valence electrons. The third-order valence-corrected chi connectivity index (χ3v) is 4.19. The number of hydrogen-bond acceptors (Lipinski definition) is 2. The zero-order valence-corrected chi connectivity index (χ0v) is 13.5. The first kappa shape index (κ1) is 15.5. The Morgan fingerprint density at radius 2 is 1.57 bits per heavy atom. The van der Waals surface area contributed by atoms with E-state index in [1.807, 2.05) is 32.0 Å². The van der Waals surface area contributed by atoms with Crippen LogP contribution in [0.4, 0.5) is 0 Å². The van der Waals surface area contributed by atoms with Gasteiger partial charge in [0, 0.05) is 18.3 Å². The van der Waals surface area contributed by atoms with Crippen LogP contribution in [0.25, 0.3) is 0 Å². The number of aromatic nitrogens is 1. The lowest BCUT2D eigenvalue weighted by molar-refractivity contribution is 0.753.